The summed E-state index contributed by atoms with van der Waals surface area (Å²) in [5, 5.41) is 13.7. The number of aliphatic hydroxyl groups is 1. The second-order valence-corrected chi connectivity index (χ2v) is 5.69. The van der Waals surface area contributed by atoms with Crippen LogP contribution in [0.2, 0.25) is 5.02 Å². The first kappa shape index (κ1) is 14.8. The van der Waals surface area contributed by atoms with E-state index in [1.54, 1.807) is 0 Å². The minimum atomic E-state index is -0.0933. The minimum absolute atomic E-state index is 0.0933. The van der Waals surface area contributed by atoms with Crippen LogP contribution in [0, 0.1) is 0 Å². The molecule has 1 aliphatic rings. The summed E-state index contributed by atoms with van der Waals surface area (Å²) in [6, 6.07) is 8.39. The van der Waals surface area contributed by atoms with Gasteiger partial charge in [-0.15, -0.1) is 0 Å². The summed E-state index contributed by atoms with van der Waals surface area (Å²) in [7, 11) is 1.99. The predicted molar refractivity (Wildman–Crippen MR) is 79.6 cm³/mol. The Labute approximate surface area is 120 Å². The van der Waals surface area contributed by atoms with Crippen LogP contribution in [0.25, 0.3) is 0 Å². The average molecular weight is 283 g/mol. The molecule has 0 aliphatic carbocycles. The van der Waals surface area contributed by atoms with Gasteiger partial charge < -0.3 is 15.3 Å². The van der Waals surface area contributed by atoms with Crippen molar-refractivity contribution < 1.29 is 5.11 Å². The van der Waals surface area contributed by atoms with E-state index in [0.29, 0.717) is 6.04 Å². The van der Waals surface area contributed by atoms with Crippen LogP contribution in [0.4, 0.5) is 0 Å². The Bertz CT molecular complexity index is 391. The van der Waals surface area contributed by atoms with Gasteiger partial charge in [-0.05, 0) is 50.6 Å². The normalized spacial score (nSPS) is 19.5. The van der Waals surface area contributed by atoms with Crippen LogP contribution in [0.1, 0.15) is 30.9 Å². The van der Waals surface area contributed by atoms with Gasteiger partial charge in [-0.1, -0.05) is 23.7 Å². The van der Waals surface area contributed by atoms with E-state index in [9.17, 15) is 5.11 Å². The van der Waals surface area contributed by atoms with Gasteiger partial charge in [0.05, 0.1) is 6.10 Å². The fraction of sp³-hybridized carbons (Fsp3) is 0.600. The number of hydrogen-bond acceptors (Lipinski definition) is 3. The molecule has 1 fully saturated rings. The number of nitrogens with one attached hydrogen (secondary N) is 1. The topological polar surface area (TPSA) is 35.5 Å². The zero-order valence-corrected chi connectivity index (χ0v) is 12.2. The maximum absolute atomic E-state index is 9.51. The van der Waals surface area contributed by atoms with Gasteiger partial charge in [0, 0.05) is 24.2 Å². The third-order valence-corrected chi connectivity index (χ3v) is 4.13. The molecule has 3 nitrogen and oxygen atoms in total. The van der Waals surface area contributed by atoms with E-state index >= 15 is 0 Å². The van der Waals surface area contributed by atoms with Gasteiger partial charge in [0.15, 0.2) is 0 Å². The Morgan fingerprint density at radius 1 is 1.42 bits per heavy atom. The van der Waals surface area contributed by atoms with Crippen molar-refractivity contribution >= 4 is 11.6 Å². The van der Waals surface area contributed by atoms with E-state index in [-0.39, 0.29) is 6.10 Å². The van der Waals surface area contributed by atoms with Crippen LogP contribution >= 0.6 is 11.6 Å². The van der Waals surface area contributed by atoms with Gasteiger partial charge in [0.2, 0.25) is 0 Å². The number of likely N-dealkylation sites (tertiary alicyclic amines) is 1. The molecule has 1 heterocycles. The fourth-order valence-corrected chi connectivity index (χ4v) is 2.85. The van der Waals surface area contributed by atoms with Gasteiger partial charge in [-0.25, -0.2) is 0 Å². The van der Waals surface area contributed by atoms with E-state index in [0.717, 1.165) is 43.9 Å². The fourth-order valence-electron chi connectivity index (χ4n) is 2.66. The summed E-state index contributed by atoms with van der Waals surface area (Å²) in [5.74, 6) is 0. The summed E-state index contributed by atoms with van der Waals surface area (Å²) >= 11 is 6.04. The highest BCUT2D eigenvalue weighted by Crippen LogP contribution is 2.21. The predicted octanol–water partition coefficient (Wildman–Crippen LogP) is 2.45. The number of rotatable bonds is 5. The first-order chi connectivity index (χ1) is 9.19. The molecule has 1 saturated heterocycles. The van der Waals surface area contributed by atoms with Gasteiger partial charge in [0.1, 0.15) is 0 Å². The molecule has 1 atom stereocenters. The van der Waals surface area contributed by atoms with Crippen molar-refractivity contribution in [3.63, 3.8) is 0 Å². The highest BCUT2D eigenvalue weighted by molar-refractivity contribution is 6.30. The molecule has 0 amide bonds. The number of aliphatic hydroxyl groups excluding tert-OH is 1. The molecule has 1 aromatic rings. The van der Waals surface area contributed by atoms with Crippen molar-refractivity contribution in [3.8, 4) is 0 Å². The maximum Gasteiger partial charge on any atom is 0.0564 e. The molecule has 2 N–H and O–H groups in total. The van der Waals surface area contributed by atoms with Crippen molar-refractivity contribution in [1.29, 1.82) is 0 Å². The van der Waals surface area contributed by atoms with E-state index < -0.39 is 0 Å². The lowest BCUT2D eigenvalue weighted by atomic mass is 10.0. The maximum atomic E-state index is 9.51. The molecule has 106 valence electrons. The molecule has 0 aromatic heterocycles. The van der Waals surface area contributed by atoms with E-state index in [2.05, 4.69) is 16.3 Å². The highest BCUT2D eigenvalue weighted by atomic mass is 35.5. The van der Waals surface area contributed by atoms with Crippen LogP contribution in [0.5, 0.6) is 0 Å². The van der Waals surface area contributed by atoms with Crippen LogP contribution in [-0.2, 0) is 0 Å². The second-order valence-electron chi connectivity index (χ2n) is 5.26. The molecule has 19 heavy (non-hydrogen) atoms. The molecule has 0 saturated carbocycles. The first-order valence-corrected chi connectivity index (χ1v) is 7.40. The summed E-state index contributed by atoms with van der Waals surface area (Å²) < 4.78 is 0. The number of hydrogen-bond donors (Lipinski definition) is 2. The average Bonchev–Trinajstić information content (AvgIpc) is 2.42. The summed E-state index contributed by atoms with van der Waals surface area (Å²) in [5.41, 5.74) is 1.24. The number of halogens is 1. The summed E-state index contributed by atoms with van der Waals surface area (Å²) in [6.45, 7) is 3.07. The SMILES string of the molecule is CNC(CCN1CCC(O)CC1)c1cccc(Cl)c1. The molecule has 1 aromatic carbocycles. The van der Waals surface area contributed by atoms with Crippen LogP contribution in [0.3, 0.4) is 0 Å². The molecule has 2 rings (SSSR count). The quantitative estimate of drug-likeness (QED) is 0.871. The minimum Gasteiger partial charge on any atom is -0.393 e. The second kappa shape index (κ2) is 7.25. The van der Waals surface area contributed by atoms with Crippen molar-refractivity contribution in [2.45, 2.75) is 31.4 Å². The Morgan fingerprint density at radius 2 is 2.16 bits per heavy atom. The van der Waals surface area contributed by atoms with E-state index in [4.69, 9.17) is 11.6 Å². The van der Waals surface area contributed by atoms with Crippen molar-refractivity contribution in [2.24, 2.45) is 0 Å². The van der Waals surface area contributed by atoms with Crippen molar-refractivity contribution in [2.75, 3.05) is 26.7 Å². The van der Waals surface area contributed by atoms with Crippen molar-refractivity contribution in [1.82, 2.24) is 10.2 Å². The lowest BCUT2D eigenvalue weighted by Gasteiger charge is -2.30. The zero-order chi connectivity index (χ0) is 13.7. The number of benzene rings is 1. The lowest BCUT2D eigenvalue weighted by Crippen LogP contribution is -2.37. The van der Waals surface area contributed by atoms with Crippen molar-refractivity contribution in [3.05, 3.63) is 34.9 Å². The van der Waals surface area contributed by atoms with Gasteiger partial charge in [-0.2, -0.15) is 0 Å². The van der Waals surface area contributed by atoms with Crippen LogP contribution in [0.15, 0.2) is 24.3 Å². The molecule has 0 bridgehead atoms. The Balaban J connectivity index is 1.86. The Kier molecular flexibility index (Phi) is 5.64. The largest absolute Gasteiger partial charge is 0.393 e. The smallest absolute Gasteiger partial charge is 0.0564 e. The molecule has 4 heteroatoms. The molecule has 0 radical (unpaired) electrons. The molecular formula is C15H23ClN2O. The highest BCUT2D eigenvalue weighted by Gasteiger charge is 2.18. The summed E-state index contributed by atoms with van der Waals surface area (Å²) in [4.78, 5) is 2.43. The van der Waals surface area contributed by atoms with Gasteiger partial charge >= 0.3 is 0 Å². The van der Waals surface area contributed by atoms with Crippen LogP contribution < -0.4 is 5.32 Å². The molecule has 1 unspecified atom stereocenters. The number of piperidine rings is 1. The Hall–Kier alpha value is -0.610. The lowest BCUT2D eigenvalue weighted by molar-refractivity contribution is 0.0807. The van der Waals surface area contributed by atoms with Crippen LogP contribution in [-0.4, -0.2) is 42.8 Å². The van der Waals surface area contributed by atoms with Gasteiger partial charge in [-0.3, -0.25) is 0 Å². The zero-order valence-electron chi connectivity index (χ0n) is 11.5. The third kappa shape index (κ3) is 4.46. The molecule has 1 aliphatic heterocycles. The summed E-state index contributed by atoms with van der Waals surface area (Å²) in [6.07, 6.45) is 2.78. The Morgan fingerprint density at radius 3 is 2.79 bits per heavy atom. The molecule has 0 spiro atoms. The first-order valence-electron chi connectivity index (χ1n) is 7.02. The standard InChI is InChI=1S/C15H23ClN2O/c1-17-15(12-3-2-4-13(16)11-12)7-10-18-8-5-14(19)6-9-18/h2-4,11,14-15,17,19H,5-10H2,1H3. The van der Waals surface area contributed by atoms with Gasteiger partial charge in [0.25, 0.3) is 0 Å². The monoisotopic (exact) mass is 282 g/mol. The van der Waals surface area contributed by atoms with E-state index in [1.807, 2.05) is 25.2 Å². The molecular weight excluding hydrogens is 260 g/mol. The third-order valence-electron chi connectivity index (χ3n) is 3.89. The van der Waals surface area contributed by atoms with E-state index in [1.165, 1.54) is 5.56 Å². The number of nitrogens with zero attached hydrogens (tertiary/aromatic N) is 1.